The van der Waals surface area contributed by atoms with Crippen LogP contribution in [0.3, 0.4) is 0 Å². The smallest absolute Gasteiger partial charge is 0.194 e. The van der Waals surface area contributed by atoms with Crippen molar-refractivity contribution in [1.29, 1.82) is 0 Å². The summed E-state index contributed by atoms with van der Waals surface area (Å²) in [5.74, 6) is -15.2. The molecular weight excluding hydrogens is 358 g/mol. The van der Waals surface area contributed by atoms with Gasteiger partial charge in [-0.15, -0.1) is 23.5 Å². The predicted octanol–water partition coefficient (Wildman–Crippen LogP) is 5.96. The Kier molecular flexibility index (Phi) is 2.67. The first kappa shape index (κ1) is 15.7. The van der Waals surface area contributed by atoms with Crippen LogP contribution >= 0.6 is 23.5 Å². The van der Waals surface area contributed by atoms with Gasteiger partial charge in [0.1, 0.15) is 0 Å². The molecule has 4 aliphatic rings. The van der Waals surface area contributed by atoms with Gasteiger partial charge >= 0.3 is 17.8 Å². The highest BCUT2D eigenvalue weighted by molar-refractivity contribution is 8.06. The molecule has 2 atom stereocenters. The van der Waals surface area contributed by atoms with E-state index in [9.17, 15) is 26.3 Å². The van der Waals surface area contributed by atoms with Gasteiger partial charge in [0, 0.05) is 31.8 Å². The van der Waals surface area contributed by atoms with Crippen molar-refractivity contribution in [3.8, 4) is 0 Å². The highest BCUT2D eigenvalue weighted by Crippen LogP contribution is 2.75. The van der Waals surface area contributed by atoms with Crippen molar-refractivity contribution in [2.45, 2.75) is 31.6 Å². The molecule has 1 fully saturated rings. The fourth-order valence-electron chi connectivity index (χ4n) is 3.66. The zero-order valence-corrected chi connectivity index (χ0v) is 13.5. The van der Waals surface area contributed by atoms with Gasteiger partial charge in [-0.05, 0) is 10.8 Å². The van der Waals surface area contributed by atoms with E-state index >= 15 is 0 Å². The second-order valence-electron chi connectivity index (χ2n) is 6.38. The molecule has 0 radical (unpaired) electrons. The van der Waals surface area contributed by atoms with Crippen LogP contribution in [0.5, 0.6) is 0 Å². The Bertz CT molecular complexity index is 698. The third kappa shape index (κ3) is 1.35. The largest absolute Gasteiger partial charge is 0.380 e. The third-order valence-electron chi connectivity index (χ3n) is 5.32. The molecule has 0 aromatic carbocycles. The maximum atomic E-state index is 14.4. The molecule has 0 saturated heterocycles. The average molecular weight is 368 g/mol. The minimum atomic E-state index is -5.44. The lowest BCUT2D eigenvalue weighted by atomic mass is 9.60. The summed E-state index contributed by atoms with van der Waals surface area (Å²) in [5, 5.41) is 3.02. The maximum Gasteiger partial charge on any atom is 0.380 e. The number of alkyl halides is 6. The Labute approximate surface area is 136 Å². The van der Waals surface area contributed by atoms with E-state index < -0.39 is 39.7 Å². The van der Waals surface area contributed by atoms with Crippen LogP contribution in [-0.4, -0.2) is 17.8 Å². The van der Waals surface area contributed by atoms with Crippen LogP contribution in [0.4, 0.5) is 26.3 Å². The number of rotatable bonds is 0. The van der Waals surface area contributed by atoms with Gasteiger partial charge in [0.25, 0.3) is 0 Å². The fourth-order valence-corrected chi connectivity index (χ4v) is 6.36. The minimum Gasteiger partial charge on any atom is -0.194 e. The summed E-state index contributed by atoms with van der Waals surface area (Å²) in [4.78, 5) is -0.208. The van der Waals surface area contributed by atoms with Gasteiger partial charge in [0.2, 0.25) is 0 Å². The monoisotopic (exact) mass is 368 g/mol. The number of hydrogen-bond acceptors (Lipinski definition) is 2. The summed E-state index contributed by atoms with van der Waals surface area (Å²) in [6.45, 7) is 3.26. The molecule has 0 nitrogen and oxygen atoms in total. The number of thioether (sulfide) groups is 2. The first-order valence-electron chi connectivity index (χ1n) is 6.76. The van der Waals surface area contributed by atoms with E-state index in [1.54, 1.807) is 26.0 Å². The summed E-state index contributed by atoms with van der Waals surface area (Å²) in [6.07, 6.45) is 3.27. The van der Waals surface area contributed by atoms with Crippen molar-refractivity contribution >= 4 is 23.5 Å². The van der Waals surface area contributed by atoms with E-state index in [2.05, 4.69) is 0 Å². The number of fused-ring (bicyclic) bond motifs is 4. The molecule has 0 aromatic heterocycles. The second-order valence-corrected chi connectivity index (χ2v) is 8.21. The molecule has 1 saturated carbocycles. The van der Waals surface area contributed by atoms with Crippen molar-refractivity contribution in [2.24, 2.45) is 10.8 Å². The van der Waals surface area contributed by atoms with Crippen LogP contribution in [0.25, 0.3) is 0 Å². The summed E-state index contributed by atoms with van der Waals surface area (Å²) in [6, 6.07) is 0. The first-order chi connectivity index (χ1) is 10.4. The van der Waals surface area contributed by atoms with Crippen molar-refractivity contribution < 1.29 is 26.3 Å². The molecule has 0 amide bonds. The molecular formula is C15H10F6S2. The van der Waals surface area contributed by atoms with Crippen LogP contribution in [-0.2, 0) is 0 Å². The molecule has 2 aliphatic heterocycles. The normalized spacial score (nSPS) is 41.4. The van der Waals surface area contributed by atoms with Crippen LogP contribution in [0.2, 0.25) is 0 Å². The zero-order chi connectivity index (χ0) is 17.1. The third-order valence-corrected chi connectivity index (χ3v) is 7.59. The van der Waals surface area contributed by atoms with Gasteiger partial charge in [0.15, 0.2) is 0 Å². The SMILES string of the molecule is C[C@]12C=CSC1=C1C(=C3SC=C[C@@]32C)C(F)(F)C(F)(F)C1(F)F. The van der Waals surface area contributed by atoms with Crippen LogP contribution in [0.15, 0.2) is 43.9 Å². The van der Waals surface area contributed by atoms with E-state index in [1.807, 2.05) is 0 Å². The van der Waals surface area contributed by atoms with E-state index in [-0.39, 0.29) is 9.81 Å². The quantitative estimate of drug-likeness (QED) is 0.484. The summed E-state index contributed by atoms with van der Waals surface area (Å²) >= 11 is 1.66. The Balaban J connectivity index is 2.17. The van der Waals surface area contributed by atoms with Crippen LogP contribution in [0, 0.1) is 10.8 Å². The Morgan fingerprint density at radius 1 is 0.696 bits per heavy atom. The van der Waals surface area contributed by atoms with Crippen molar-refractivity contribution in [3.05, 3.63) is 43.9 Å². The molecule has 124 valence electrons. The highest BCUT2D eigenvalue weighted by atomic mass is 32.2. The lowest BCUT2D eigenvalue weighted by Crippen LogP contribution is -2.47. The summed E-state index contributed by atoms with van der Waals surface area (Å²) < 4.78 is 85.3. The molecule has 8 heteroatoms. The van der Waals surface area contributed by atoms with Gasteiger partial charge in [-0.3, -0.25) is 0 Å². The number of halogens is 6. The maximum absolute atomic E-state index is 14.4. The van der Waals surface area contributed by atoms with E-state index in [1.165, 1.54) is 10.8 Å². The second kappa shape index (κ2) is 3.90. The lowest BCUT2D eigenvalue weighted by Gasteiger charge is -2.45. The molecule has 0 spiro atoms. The average Bonchev–Trinajstić information content (AvgIpc) is 3.02. The molecule has 4 rings (SSSR count). The molecule has 0 aromatic rings. The van der Waals surface area contributed by atoms with E-state index in [4.69, 9.17) is 0 Å². The standard InChI is InChI=1S/C15H10F6S2/c1-11-3-5-22-9(11)7-8(10-12(11,2)4-6-23-10)14(18,19)15(20,21)13(7,16)17/h3-6H,1-2H3/t11-,12-/m0/s1. The van der Waals surface area contributed by atoms with E-state index in [0.717, 1.165) is 23.5 Å². The molecule has 0 N–H and O–H groups in total. The molecule has 0 unspecified atom stereocenters. The lowest BCUT2D eigenvalue weighted by molar-refractivity contribution is -0.258. The number of allylic oxidation sites excluding steroid dienone is 6. The van der Waals surface area contributed by atoms with E-state index in [0.29, 0.717) is 0 Å². The van der Waals surface area contributed by atoms with Gasteiger partial charge in [0.05, 0.1) is 0 Å². The van der Waals surface area contributed by atoms with Crippen molar-refractivity contribution in [3.63, 3.8) is 0 Å². The minimum absolute atomic E-state index is 0.104. The molecule has 2 heterocycles. The van der Waals surface area contributed by atoms with Crippen molar-refractivity contribution in [2.75, 3.05) is 0 Å². The summed E-state index contributed by atoms with van der Waals surface area (Å²) in [5.41, 5.74) is -4.44. The van der Waals surface area contributed by atoms with Gasteiger partial charge in [-0.25, -0.2) is 0 Å². The predicted molar refractivity (Wildman–Crippen MR) is 78.6 cm³/mol. The number of hydrogen-bond donors (Lipinski definition) is 0. The molecule has 2 aliphatic carbocycles. The van der Waals surface area contributed by atoms with Gasteiger partial charge in [-0.2, -0.15) is 26.3 Å². The summed E-state index contributed by atoms with van der Waals surface area (Å²) in [7, 11) is 0. The molecule has 0 bridgehead atoms. The van der Waals surface area contributed by atoms with Gasteiger partial charge in [-0.1, -0.05) is 26.0 Å². The molecule has 23 heavy (non-hydrogen) atoms. The Hall–Kier alpha value is -0.760. The topological polar surface area (TPSA) is 0 Å². The Morgan fingerprint density at radius 2 is 1.04 bits per heavy atom. The van der Waals surface area contributed by atoms with Crippen molar-refractivity contribution in [1.82, 2.24) is 0 Å². The fraction of sp³-hybridized carbons (Fsp3) is 0.467. The van der Waals surface area contributed by atoms with Crippen LogP contribution in [0.1, 0.15) is 13.8 Å². The zero-order valence-electron chi connectivity index (χ0n) is 11.9. The van der Waals surface area contributed by atoms with Crippen LogP contribution < -0.4 is 0 Å². The highest BCUT2D eigenvalue weighted by Gasteiger charge is 2.84. The van der Waals surface area contributed by atoms with Gasteiger partial charge < -0.3 is 0 Å². The Morgan fingerprint density at radius 3 is 1.39 bits per heavy atom. The first-order valence-corrected chi connectivity index (χ1v) is 8.52.